The summed E-state index contributed by atoms with van der Waals surface area (Å²) in [5.74, 6) is -0.159. The largest absolute Gasteiger partial charge is 0.368 e. The average molecular weight is 213 g/mol. The van der Waals surface area contributed by atoms with Crippen LogP contribution < -0.4 is 5.73 Å². The van der Waals surface area contributed by atoms with Gasteiger partial charge in [0.25, 0.3) is 6.43 Å². The Morgan fingerprint density at radius 2 is 2.20 bits per heavy atom. The third-order valence-corrected chi connectivity index (χ3v) is 2.06. The fraction of sp³-hybridized carbons (Fsp3) is 0.375. The van der Waals surface area contributed by atoms with Crippen LogP contribution in [0.3, 0.4) is 0 Å². The Balaban J connectivity index is 2.76. The van der Waals surface area contributed by atoms with Crippen LogP contribution in [0.2, 0.25) is 0 Å². The van der Waals surface area contributed by atoms with Gasteiger partial charge in [-0.25, -0.2) is 18.7 Å². The van der Waals surface area contributed by atoms with E-state index in [0.29, 0.717) is 12.2 Å². The van der Waals surface area contributed by atoms with Gasteiger partial charge in [-0.2, -0.15) is 4.98 Å². The molecular weight excluding hydrogens is 204 g/mol. The van der Waals surface area contributed by atoms with E-state index in [0.717, 1.165) is 0 Å². The fourth-order valence-corrected chi connectivity index (χ4v) is 1.37. The summed E-state index contributed by atoms with van der Waals surface area (Å²) in [4.78, 5) is 11.2. The molecule has 2 N–H and O–H groups in total. The van der Waals surface area contributed by atoms with Crippen molar-refractivity contribution >= 4 is 17.1 Å². The number of nitrogen functional groups attached to an aromatic ring is 1. The van der Waals surface area contributed by atoms with E-state index in [1.54, 1.807) is 4.57 Å². The van der Waals surface area contributed by atoms with Gasteiger partial charge < -0.3 is 10.3 Å². The first-order valence-corrected chi connectivity index (χ1v) is 4.40. The predicted octanol–water partition coefficient (Wildman–Crippen LogP) is 1.37. The van der Waals surface area contributed by atoms with Crippen LogP contribution in [0, 0.1) is 0 Å². The van der Waals surface area contributed by atoms with Crippen molar-refractivity contribution in [3.05, 3.63) is 12.0 Å². The van der Waals surface area contributed by atoms with Crippen LogP contribution in [0.25, 0.3) is 11.2 Å². The Hall–Kier alpha value is -1.79. The second kappa shape index (κ2) is 3.41. The molecule has 0 bridgehead atoms. The van der Waals surface area contributed by atoms with Gasteiger partial charge in [0.1, 0.15) is 11.2 Å². The number of alkyl halides is 2. The van der Waals surface area contributed by atoms with Crippen molar-refractivity contribution in [2.45, 2.75) is 19.9 Å². The first kappa shape index (κ1) is 9.75. The normalized spacial score (nSPS) is 11.5. The van der Waals surface area contributed by atoms with Gasteiger partial charge in [0.15, 0.2) is 5.65 Å². The minimum Gasteiger partial charge on any atom is -0.368 e. The lowest BCUT2D eigenvalue weighted by Gasteiger charge is -2.02. The average Bonchev–Trinajstić information content (AvgIpc) is 2.58. The van der Waals surface area contributed by atoms with Crippen LogP contribution in [0.15, 0.2) is 6.33 Å². The van der Waals surface area contributed by atoms with Crippen molar-refractivity contribution in [2.75, 3.05) is 5.73 Å². The van der Waals surface area contributed by atoms with Gasteiger partial charge in [0, 0.05) is 6.54 Å². The summed E-state index contributed by atoms with van der Waals surface area (Å²) in [6, 6.07) is 0. The van der Waals surface area contributed by atoms with E-state index in [4.69, 9.17) is 5.73 Å². The van der Waals surface area contributed by atoms with Crippen molar-refractivity contribution < 1.29 is 8.78 Å². The molecule has 2 aromatic rings. The first-order chi connectivity index (χ1) is 7.13. The SMILES string of the molecule is CCn1cnc2c(C(F)F)nc(N)nc21. The van der Waals surface area contributed by atoms with Crippen molar-refractivity contribution in [2.24, 2.45) is 0 Å². The highest BCUT2D eigenvalue weighted by Gasteiger charge is 2.18. The van der Waals surface area contributed by atoms with E-state index in [2.05, 4.69) is 15.0 Å². The number of fused-ring (bicyclic) bond motifs is 1. The molecular formula is C8H9F2N5. The molecule has 2 aromatic heterocycles. The molecule has 0 saturated carbocycles. The smallest absolute Gasteiger partial charge is 0.282 e. The molecule has 0 aromatic carbocycles. The zero-order valence-corrected chi connectivity index (χ0v) is 7.98. The van der Waals surface area contributed by atoms with Crippen molar-refractivity contribution in [1.82, 2.24) is 19.5 Å². The number of nitrogens with zero attached hydrogens (tertiary/aromatic N) is 4. The Morgan fingerprint density at radius 1 is 1.47 bits per heavy atom. The highest BCUT2D eigenvalue weighted by atomic mass is 19.3. The minimum atomic E-state index is -2.70. The number of aryl methyl sites for hydroxylation is 1. The topological polar surface area (TPSA) is 69.6 Å². The van der Waals surface area contributed by atoms with Gasteiger partial charge in [-0.15, -0.1) is 0 Å². The zero-order valence-electron chi connectivity index (χ0n) is 7.98. The highest BCUT2D eigenvalue weighted by molar-refractivity contribution is 5.74. The van der Waals surface area contributed by atoms with Gasteiger partial charge in [-0.3, -0.25) is 0 Å². The predicted molar refractivity (Wildman–Crippen MR) is 50.4 cm³/mol. The molecule has 80 valence electrons. The number of hydrogen-bond acceptors (Lipinski definition) is 4. The number of halogens is 2. The number of nitrogens with two attached hydrogens (primary N) is 1. The lowest BCUT2D eigenvalue weighted by molar-refractivity contribution is 0.148. The molecule has 2 heterocycles. The van der Waals surface area contributed by atoms with Gasteiger partial charge in [-0.05, 0) is 6.92 Å². The van der Waals surface area contributed by atoms with E-state index in [1.165, 1.54) is 6.33 Å². The molecule has 0 aliphatic heterocycles. The monoisotopic (exact) mass is 213 g/mol. The quantitative estimate of drug-likeness (QED) is 0.817. The van der Waals surface area contributed by atoms with Crippen LogP contribution in [-0.2, 0) is 6.54 Å². The van der Waals surface area contributed by atoms with Crippen LogP contribution in [-0.4, -0.2) is 19.5 Å². The van der Waals surface area contributed by atoms with E-state index in [1.807, 2.05) is 6.92 Å². The maximum atomic E-state index is 12.6. The van der Waals surface area contributed by atoms with E-state index < -0.39 is 12.1 Å². The summed E-state index contributed by atoms with van der Waals surface area (Å²) >= 11 is 0. The zero-order chi connectivity index (χ0) is 11.0. The second-order valence-electron chi connectivity index (χ2n) is 2.97. The number of aromatic nitrogens is 4. The molecule has 0 spiro atoms. The third kappa shape index (κ3) is 1.49. The standard InChI is InChI=1S/C8H9F2N5/c1-2-15-3-12-5-4(6(9)10)13-8(11)14-7(5)15/h3,6H,2H2,1H3,(H2,11,13,14). The second-order valence-corrected chi connectivity index (χ2v) is 2.97. The van der Waals surface area contributed by atoms with Gasteiger partial charge in [0.05, 0.1) is 6.33 Å². The maximum absolute atomic E-state index is 12.6. The maximum Gasteiger partial charge on any atom is 0.282 e. The molecule has 7 heteroatoms. The molecule has 0 radical (unpaired) electrons. The van der Waals surface area contributed by atoms with Gasteiger partial charge in [-0.1, -0.05) is 0 Å². The van der Waals surface area contributed by atoms with Crippen LogP contribution >= 0.6 is 0 Å². The molecule has 15 heavy (non-hydrogen) atoms. The molecule has 0 atom stereocenters. The van der Waals surface area contributed by atoms with Crippen molar-refractivity contribution in [3.63, 3.8) is 0 Å². The van der Waals surface area contributed by atoms with Crippen LogP contribution in [0.4, 0.5) is 14.7 Å². The summed E-state index contributed by atoms with van der Waals surface area (Å²) in [5.41, 5.74) is 5.40. The Kier molecular flexibility index (Phi) is 2.22. The van der Waals surface area contributed by atoms with Crippen LogP contribution in [0.1, 0.15) is 19.0 Å². The van der Waals surface area contributed by atoms with E-state index in [-0.39, 0.29) is 11.5 Å². The Labute approximate surface area is 84.0 Å². The molecule has 5 nitrogen and oxygen atoms in total. The summed E-state index contributed by atoms with van der Waals surface area (Å²) in [6.07, 6.45) is -1.25. The summed E-state index contributed by atoms with van der Waals surface area (Å²) < 4.78 is 26.8. The molecule has 2 rings (SSSR count). The van der Waals surface area contributed by atoms with Crippen molar-refractivity contribution in [3.8, 4) is 0 Å². The third-order valence-electron chi connectivity index (χ3n) is 2.06. The lowest BCUT2D eigenvalue weighted by atomic mass is 10.3. The van der Waals surface area contributed by atoms with Crippen LogP contribution in [0.5, 0.6) is 0 Å². The van der Waals surface area contributed by atoms with Crippen molar-refractivity contribution in [1.29, 1.82) is 0 Å². The molecule has 0 fully saturated rings. The van der Waals surface area contributed by atoms with E-state index in [9.17, 15) is 8.78 Å². The summed E-state index contributed by atoms with van der Waals surface area (Å²) in [5, 5.41) is 0. The summed E-state index contributed by atoms with van der Waals surface area (Å²) in [7, 11) is 0. The fourth-order valence-electron chi connectivity index (χ4n) is 1.37. The number of anilines is 1. The molecule has 0 unspecified atom stereocenters. The number of rotatable bonds is 2. The van der Waals surface area contributed by atoms with Gasteiger partial charge >= 0.3 is 0 Å². The Bertz CT molecular complexity index is 493. The molecule has 0 saturated heterocycles. The highest BCUT2D eigenvalue weighted by Crippen LogP contribution is 2.24. The first-order valence-electron chi connectivity index (χ1n) is 4.40. The number of hydrogen-bond donors (Lipinski definition) is 1. The lowest BCUT2D eigenvalue weighted by Crippen LogP contribution is -2.03. The minimum absolute atomic E-state index is 0.112. The molecule has 0 aliphatic rings. The molecule has 0 aliphatic carbocycles. The summed E-state index contributed by atoms with van der Waals surface area (Å²) in [6.45, 7) is 2.46. The molecule has 0 amide bonds. The van der Waals surface area contributed by atoms with E-state index >= 15 is 0 Å². The van der Waals surface area contributed by atoms with Gasteiger partial charge in [0.2, 0.25) is 5.95 Å². The Morgan fingerprint density at radius 3 is 2.80 bits per heavy atom. The number of imidazole rings is 1.